The van der Waals surface area contributed by atoms with Gasteiger partial charge in [-0.2, -0.15) is 5.10 Å². The van der Waals surface area contributed by atoms with Crippen molar-refractivity contribution in [2.75, 3.05) is 0 Å². The van der Waals surface area contributed by atoms with Crippen molar-refractivity contribution >= 4 is 28.3 Å². The summed E-state index contributed by atoms with van der Waals surface area (Å²) in [4.78, 5) is 0. The maximum absolute atomic E-state index is 5.83. The Morgan fingerprint density at radius 2 is 1.48 bits per heavy atom. The third-order valence-electron chi connectivity index (χ3n) is 5.70. The lowest BCUT2D eigenvalue weighted by Crippen LogP contribution is -2.34. The van der Waals surface area contributed by atoms with Crippen LogP contribution >= 0.6 is 22.6 Å². The van der Waals surface area contributed by atoms with E-state index in [1.165, 1.54) is 33.1 Å². The van der Waals surface area contributed by atoms with E-state index in [1.807, 2.05) is 0 Å². The Hall–Kier alpha value is -1.36. The van der Waals surface area contributed by atoms with Crippen LogP contribution < -0.4 is 5.84 Å². The molecule has 0 bridgehead atoms. The summed E-state index contributed by atoms with van der Waals surface area (Å²) in [6.07, 6.45) is 2.43. The van der Waals surface area contributed by atoms with Gasteiger partial charge in [0.15, 0.2) is 0 Å². The lowest BCUT2D eigenvalue weighted by atomic mass is 9.62. The number of benzene rings is 2. The van der Waals surface area contributed by atoms with Crippen molar-refractivity contribution in [3.05, 3.63) is 67.8 Å². The minimum absolute atomic E-state index is 0.180. The van der Waals surface area contributed by atoms with Gasteiger partial charge in [0.25, 0.3) is 0 Å². The molecule has 0 radical (unpaired) electrons. The molecule has 0 aliphatic heterocycles. The van der Waals surface area contributed by atoms with Crippen LogP contribution in [0.15, 0.2) is 41.5 Å². The highest BCUT2D eigenvalue weighted by Gasteiger charge is 2.37. The maximum Gasteiger partial charge on any atom is 0.0974 e. The number of nitrogens with zero attached hydrogens (tertiary/aromatic N) is 1. The molecule has 0 unspecified atom stereocenters. The molecule has 1 aliphatic carbocycles. The van der Waals surface area contributed by atoms with Crippen LogP contribution in [0.2, 0.25) is 0 Å². The van der Waals surface area contributed by atoms with Crippen LogP contribution in [0.4, 0.5) is 0 Å². The summed E-state index contributed by atoms with van der Waals surface area (Å²) in [5.74, 6) is 5.83. The van der Waals surface area contributed by atoms with Crippen LogP contribution in [0.1, 0.15) is 68.4 Å². The summed E-state index contributed by atoms with van der Waals surface area (Å²) in [7, 11) is 0. The summed E-state index contributed by atoms with van der Waals surface area (Å²) in [5.41, 5.74) is 7.64. The van der Waals surface area contributed by atoms with Crippen LogP contribution in [0.3, 0.4) is 0 Å². The molecule has 2 aromatic rings. The molecular weight excluding hydrogens is 419 g/mol. The number of halogens is 1. The van der Waals surface area contributed by atoms with Gasteiger partial charge in [0.2, 0.25) is 0 Å². The van der Waals surface area contributed by atoms with Crippen LogP contribution in [0.5, 0.6) is 0 Å². The maximum atomic E-state index is 5.83. The first kappa shape index (κ1) is 18.4. The van der Waals surface area contributed by atoms with Crippen molar-refractivity contribution in [1.29, 1.82) is 0 Å². The average molecular weight is 446 g/mol. The van der Waals surface area contributed by atoms with E-state index >= 15 is 0 Å². The average Bonchev–Trinajstić information content (AvgIpc) is 2.55. The summed E-state index contributed by atoms with van der Waals surface area (Å²) in [6.45, 7) is 11.6. The largest absolute Gasteiger partial charge is 0.323 e. The van der Waals surface area contributed by atoms with E-state index in [1.54, 1.807) is 0 Å². The second kappa shape index (κ2) is 6.42. The zero-order chi connectivity index (χ0) is 18.4. The molecule has 2 N–H and O–H groups in total. The van der Waals surface area contributed by atoms with Gasteiger partial charge in [-0.25, -0.2) is 0 Å². The fraction of sp³-hybridized carbons (Fsp3) is 0.409. The topological polar surface area (TPSA) is 38.4 Å². The van der Waals surface area contributed by atoms with Gasteiger partial charge in [-0.15, -0.1) is 0 Å². The van der Waals surface area contributed by atoms with E-state index in [-0.39, 0.29) is 10.8 Å². The highest BCUT2D eigenvalue weighted by molar-refractivity contribution is 14.1. The van der Waals surface area contributed by atoms with Crippen molar-refractivity contribution in [2.24, 2.45) is 10.9 Å². The molecule has 0 spiro atoms. The normalized spacial score (nSPS) is 18.7. The lowest BCUT2D eigenvalue weighted by molar-refractivity contribution is 0.331. The fourth-order valence-electron chi connectivity index (χ4n) is 3.88. The lowest BCUT2D eigenvalue weighted by Gasteiger charge is -2.42. The monoisotopic (exact) mass is 446 g/mol. The summed E-state index contributed by atoms with van der Waals surface area (Å²) in [5, 5.41) is 4.17. The molecule has 0 heterocycles. The molecule has 3 rings (SSSR count). The van der Waals surface area contributed by atoms with Crippen LogP contribution in [-0.2, 0) is 10.8 Å². The smallest absolute Gasteiger partial charge is 0.0974 e. The Bertz CT molecular complexity index is 830. The standard InChI is InChI=1S/C22H27IN2/c1-14-12-18-19(22(4,5)11-10-21(18,2)3)13-17(14)20(25-24)15-6-8-16(23)9-7-15/h6-9,12-13H,10-11,24H2,1-5H3/b25-20-. The van der Waals surface area contributed by atoms with Gasteiger partial charge in [0.1, 0.15) is 0 Å². The molecule has 1 aliphatic rings. The Labute approximate surface area is 165 Å². The van der Waals surface area contributed by atoms with E-state index in [4.69, 9.17) is 5.84 Å². The van der Waals surface area contributed by atoms with E-state index in [2.05, 4.69) is 98.7 Å². The van der Waals surface area contributed by atoms with Gasteiger partial charge in [-0.3, -0.25) is 0 Å². The number of hydrogen-bond acceptors (Lipinski definition) is 2. The molecule has 0 atom stereocenters. The molecule has 0 fully saturated rings. The number of rotatable bonds is 2. The molecule has 0 amide bonds. The molecule has 2 aromatic carbocycles. The summed E-state index contributed by atoms with van der Waals surface area (Å²) in [6, 6.07) is 13.1. The number of nitrogens with two attached hydrogens (primary N) is 1. The van der Waals surface area contributed by atoms with Gasteiger partial charge in [-0.1, -0.05) is 45.9 Å². The zero-order valence-electron chi connectivity index (χ0n) is 15.8. The van der Waals surface area contributed by atoms with Crippen LogP contribution in [0, 0.1) is 10.5 Å². The minimum Gasteiger partial charge on any atom is -0.323 e. The number of fused-ring (bicyclic) bond motifs is 1. The Morgan fingerprint density at radius 1 is 0.960 bits per heavy atom. The van der Waals surface area contributed by atoms with Crippen molar-refractivity contribution in [1.82, 2.24) is 0 Å². The SMILES string of the molecule is Cc1cc2c(cc1/C(=N\N)c1ccc(I)cc1)C(C)(C)CCC2(C)C. The quantitative estimate of drug-likeness (QED) is 0.275. The highest BCUT2D eigenvalue weighted by atomic mass is 127. The van der Waals surface area contributed by atoms with Gasteiger partial charge in [0.05, 0.1) is 5.71 Å². The third kappa shape index (κ3) is 3.35. The van der Waals surface area contributed by atoms with Crippen molar-refractivity contribution < 1.29 is 0 Å². The molecule has 0 aromatic heterocycles. The molecule has 132 valence electrons. The Balaban J connectivity index is 2.19. The van der Waals surface area contributed by atoms with Gasteiger partial charge < -0.3 is 5.84 Å². The number of hydrazone groups is 1. The van der Waals surface area contributed by atoms with Crippen LogP contribution in [0.25, 0.3) is 0 Å². The molecule has 3 heteroatoms. The first-order chi connectivity index (χ1) is 11.7. The molecular formula is C22H27IN2. The van der Waals surface area contributed by atoms with Gasteiger partial charge in [0, 0.05) is 14.7 Å². The number of aryl methyl sites for hydroxylation is 1. The predicted molar refractivity (Wildman–Crippen MR) is 115 cm³/mol. The molecule has 2 nitrogen and oxygen atoms in total. The molecule has 0 saturated heterocycles. The molecule has 0 saturated carbocycles. The van der Waals surface area contributed by atoms with E-state index in [0.29, 0.717) is 0 Å². The number of hydrogen-bond donors (Lipinski definition) is 1. The van der Waals surface area contributed by atoms with Crippen LogP contribution in [-0.4, -0.2) is 5.71 Å². The van der Waals surface area contributed by atoms with E-state index in [0.717, 1.165) is 16.8 Å². The fourth-order valence-corrected chi connectivity index (χ4v) is 4.24. The first-order valence-corrected chi connectivity index (χ1v) is 9.93. The first-order valence-electron chi connectivity index (χ1n) is 8.85. The second-order valence-electron chi connectivity index (χ2n) is 8.47. The third-order valence-corrected chi connectivity index (χ3v) is 6.42. The van der Waals surface area contributed by atoms with Crippen molar-refractivity contribution in [3.63, 3.8) is 0 Å². The van der Waals surface area contributed by atoms with E-state index in [9.17, 15) is 0 Å². The van der Waals surface area contributed by atoms with Gasteiger partial charge in [-0.05, 0) is 88.1 Å². The predicted octanol–water partition coefficient (Wildman–Crippen LogP) is 5.66. The Morgan fingerprint density at radius 3 is 2.00 bits per heavy atom. The summed E-state index contributed by atoms with van der Waals surface area (Å²) < 4.78 is 1.21. The van der Waals surface area contributed by atoms with Gasteiger partial charge >= 0.3 is 0 Å². The molecule has 25 heavy (non-hydrogen) atoms. The van der Waals surface area contributed by atoms with Crippen molar-refractivity contribution in [3.8, 4) is 0 Å². The minimum atomic E-state index is 0.180. The Kier molecular flexibility index (Phi) is 4.73. The van der Waals surface area contributed by atoms with Crippen molar-refractivity contribution in [2.45, 2.75) is 58.3 Å². The highest BCUT2D eigenvalue weighted by Crippen LogP contribution is 2.46. The zero-order valence-corrected chi connectivity index (χ0v) is 17.9. The summed E-state index contributed by atoms with van der Waals surface area (Å²) >= 11 is 2.32. The second-order valence-corrected chi connectivity index (χ2v) is 9.71. The van der Waals surface area contributed by atoms with E-state index < -0.39 is 0 Å².